The Balaban J connectivity index is 2.97. The molecule has 0 heterocycles. The zero-order valence-corrected chi connectivity index (χ0v) is 17.6. The van der Waals surface area contributed by atoms with Gasteiger partial charge >= 0.3 is 52.9 Å². The van der Waals surface area contributed by atoms with Crippen molar-refractivity contribution in [1.82, 2.24) is 0 Å². The average molecular weight is 587 g/mol. The average Bonchev–Trinajstić information content (AvgIpc) is 2.73. The van der Waals surface area contributed by atoms with Gasteiger partial charge < -0.3 is 9.47 Å². The van der Waals surface area contributed by atoms with E-state index in [9.17, 15) is 71.1 Å². The van der Waals surface area contributed by atoms with Crippen molar-refractivity contribution < 1.29 is 84.9 Å². The zero-order chi connectivity index (χ0) is 28.8. The number of alkyl halides is 16. The van der Waals surface area contributed by atoms with Gasteiger partial charge in [-0.1, -0.05) is 0 Å². The molecule has 0 radical (unpaired) electrons. The number of esters is 2. The molecule has 2 aliphatic rings. The molecule has 2 fully saturated rings. The summed E-state index contributed by atoms with van der Waals surface area (Å²) in [6.07, 6.45) is -6.14. The third-order valence-electron chi connectivity index (χ3n) is 6.21. The fourth-order valence-electron chi connectivity index (χ4n) is 4.11. The minimum Gasteiger partial charge on any atom is -0.462 e. The molecule has 36 heavy (non-hydrogen) atoms. The molecule has 2 rings (SSSR count). The maximum atomic E-state index is 15.1. The Morgan fingerprint density at radius 2 is 1.17 bits per heavy atom. The van der Waals surface area contributed by atoms with Crippen LogP contribution >= 0.6 is 11.6 Å². The highest BCUT2D eigenvalue weighted by Gasteiger charge is 3.12. The Kier molecular flexibility index (Phi) is 6.63. The third kappa shape index (κ3) is 2.72. The highest BCUT2D eigenvalue weighted by molar-refractivity contribution is 6.26. The van der Waals surface area contributed by atoms with Gasteiger partial charge in [-0.3, -0.25) is 4.79 Å². The van der Waals surface area contributed by atoms with Crippen LogP contribution in [-0.2, 0) is 19.1 Å². The topological polar surface area (TPSA) is 52.6 Å². The molecule has 2 aliphatic carbocycles. The van der Waals surface area contributed by atoms with E-state index in [2.05, 4.69) is 9.47 Å². The second-order valence-electron chi connectivity index (χ2n) is 7.91. The summed E-state index contributed by atoms with van der Waals surface area (Å²) in [4.78, 5) is 22.3. The summed E-state index contributed by atoms with van der Waals surface area (Å²) in [5.41, 5.74) is -28.9. The molecule has 4 atom stereocenters. The van der Waals surface area contributed by atoms with Crippen LogP contribution in [0.5, 0.6) is 0 Å². The van der Waals surface area contributed by atoms with E-state index in [1.165, 1.54) is 0 Å². The molecule has 0 spiro atoms. The number of fused-ring (bicyclic) bond motifs is 2. The van der Waals surface area contributed by atoms with Crippen molar-refractivity contribution in [3.8, 4) is 0 Å². The third-order valence-corrected chi connectivity index (χ3v) is 6.43. The maximum Gasteiger partial charge on any atom is 0.344 e. The van der Waals surface area contributed by atoms with Crippen molar-refractivity contribution in [3.05, 3.63) is 0 Å². The molecule has 0 aromatic carbocycles. The summed E-state index contributed by atoms with van der Waals surface area (Å²) >= 11 is 4.91. The Hall–Kier alpha value is -1.82. The Labute approximate surface area is 194 Å². The molecule has 0 amide bonds. The maximum absolute atomic E-state index is 15.1. The first-order valence-electron chi connectivity index (χ1n) is 8.90. The molecular weight excluding hydrogens is 577 g/mol. The number of carbonyl (C=O) groups is 2. The van der Waals surface area contributed by atoms with Crippen molar-refractivity contribution in [1.29, 1.82) is 0 Å². The predicted molar refractivity (Wildman–Crippen MR) is 83.0 cm³/mol. The van der Waals surface area contributed by atoms with E-state index in [-0.39, 0.29) is 0 Å². The van der Waals surface area contributed by atoms with Crippen LogP contribution in [-0.4, -0.2) is 84.1 Å². The zero-order valence-electron chi connectivity index (χ0n) is 16.9. The molecule has 20 heteroatoms. The summed E-state index contributed by atoms with van der Waals surface area (Å²) in [6, 6.07) is 0. The van der Waals surface area contributed by atoms with E-state index in [0.29, 0.717) is 0 Å². The smallest absolute Gasteiger partial charge is 0.344 e. The summed E-state index contributed by atoms with van der Waals surface area (Å²) in [5.74, 6) is -43.2. The summed E-state index contributed by atoms with van der Waals surface area (Å²) in [6.45, 7) is -6.87. The lowest BCUT2D eigenvalue weighted by atomic mass is 9.44. The van der Waals surface area contributed by atoms with Crippen molar-refractivity contribution in [2.75, 3.05) is 19.1 Å². The van der Waals surface area contributed by atoms with Crippen LogP contribution in [0.4, 0.5) is 65.9 Å². The van der Waals surface area contributed by atoms with Crippen molar-refractivity contribution in [3.63, 3.8) is 0 Å². The first-order chi connectivity index (χ1) is 15.8. The summed E-state index contributed by atoms with van der Waals surface area (Å²) in [7, 11) is 0. The van der Waals surface area contributed by atoms with Gasteiger partial charge in [0.05, 0.1) is 0 Å². The van der Waals surface area contributed by atoms with Gasteiger partial charge in [0.2, 0.25) is 11.1 Å². The monoisotopic (exact) mass is 586 g/mol. The molecule has 210 valence electrons. The van der Waals surface area contributed by atoms with Crippen molar-refractivity contribution in [2.24, 2.45) is 5.41 Å². The van der Waals surface area contributed by atoms with Crippen LogP contribution in [0.1, 0.15) is 6.92 Å². The summed E-state index contributed by atoms with van der Waals surface area (Å²) in [5, 5.41) is 0. The van der Waals surface area contributed by atoms with Crippen LogP contribution in [0.3, 0.4) is 0 Å². The highest BCUT2D eigenvalue weighted by Crippen LogP contribution is 2.83. The highest BCUT2D eigenvalue weighted by atomic mass is 35.5. The SMILES string of the molecule is CC1(F)C(F)(F)C2(F)C(F)(F)C(F)(C(F)F)C(F)(F)C(COC(=O)COC(=O)CCl)(C1(F)F)C2(F)F. The van der Waals surface area contributed by atoms with Gasteiger partial charge in [-0.15, -0.1) is 11.6 Å². The Morgan fingerprint density at radius 1 is 0.694 bits per heavy atom. The number of carbonyl (C=O) groups excluding carboxylic acids is 2. The Bertz CT molecular complexity index is 931. The van der Waals surface area contributed by atoms with Crippen LogP contribution in [0, 0.1) is 5.41 Å². The van der Waals surface area contributed by atoms with Crippen molar-refractivity contribution >= 4 is 23.5 Å². The molecule has 0 N–H and O–H groups in total. The number of rotatable bonds is 6. The predicted octanol–water partition coefficient (Wildman–Crippen LogP) is 4.91. The molecule has 0 aliphatic heterocycles. The van der Waals surface area contributed by atoms with E-state index >= 15 is 4.39 Å². The minimum absolute atomic E-state index is 1.04. The molecule has 0 saturated heterocycles. The van der Waals surface area contributed by atoms with Crippen LogP contribution in [0.2, 0.25) is 0 Å². The molecule has 4 nitrogen and oxygen atoms in total. The largest absolute Gasteiger partial charge is 0.462 e. The van der Waals surface area contributed by atoms with Gasteiger partial charge in [-0.25, -0.2) is 53.1 Å². The van der Waals surface area contributed by atoms with E-state index < -0.39 is 96.4 Å². The summed E-state index contributed by atoms with van der Waals surface area (Å²) < 4.78 is 225. The van der Waals surface area contributed by atoms with E-state index in [4.69, 9.17) is 11.6 Å². The molecular formula is C16H10ClF15O4. The fourth-order valence-corrected chi connectivity index (χ4v) is 4.19. The number of halogens is 16. The van der Waals surface area contributed by atoms with Gasteiger partial charge in [0.15, 0.2) is 6.61 Å². The standard InChI is InChI=1S/C16H10ClF15O4/c1-8(20)12(23,24)9(4-36-6(34)3-35-5(33)2-17)14(27,28)10(21,7(18)19)16(31,32)11(22,13(8,25)26)15(9,29)30/h7H,2-4H2,1H3. The van der Waals surface area contributed by atoms with E-state index in [1.807, 2.05) is 0 Å². The van der Waals surface area contributed by atoms with Gasteiger partial charge in [-0.2, -0.15) is 17.6 Å². The fraction of sp³-hybridized carbons (Fsp3) is 0.875. The molecule has 0 aromatic rings. The first-order valence-corrected chi connectivity index (χ1v) is 9.44. The molecule has 0 aromatic heterocycles. The second kappa shape index (κ2) is 7.85. The van der Waals surface area contributed by atoms with Gasteiger partial charge in [0.25, 0.3) is 6.43 Å². The normalized spacial score (nSPS) is 39.4. The molecule has 2 bridgehead atoms. The van der Waals surface area contributed by atoms with Crippen LogP contribution < -0.4 is 0 Å². The van der Waals surface area contributed by atoms with Crippen LogP contribution in [0.15, 0.2) is 0 Å². The first kappa shape index (κ1) is 30.4. The number of hydrogen-bond acceptors (Lipinski definition) is 4. The Morgan fingerprint density at radius 3 is 1.58 bits per heavy atom. The lowest BCUT2D eigenvalue weighted by Crippen LogP contribution is -2.98. The molecule has 2 saturated carbocycles. The van der Waals surface area contributed by atoms with Crippen LogP contribution in [0.25, 0.3) is 0 Å². The van der Waals surface area contributed by atoms with Gasteiger partial charge in [0, 0.05) is 0 Å². The second-order valence-corrected chi connectivity index (χ2v) is 8.17. The lowest BCUT2D eigenvalue weighted by molar-refractivity contribution is -0.548. The lowest BCUT2D eigenvalue weighted by Gasteiger charge is -2.68. The van der Waals surface area contributed by atoms with E-state index in [1.54, 1.807) is 0 Å². The number of hydrogen-bond donors (Lipinski definition) is 0. The molecule has 4 unspecified atom stereocenters. The quantitative estimate of drug-likeness (QED) is 0.252. The van der Waals surface area contributed by atoms with E-state index in [0.717, 1.165) is 0 Å². The minimum atomic E-state index is -7.96. The number of ether oxygens (including phenoxy) is 2. The van der Waals surface area contributed by atoms with Crippen molar-refractivity contribution in [2.45, 2.75) is 60.0 Å². The van der Waals surface area contributed by atoms with Gasteiger partial charge in [-0.05, 0) is 6.92 Å². The van der Waals surface area contributed by atoms with Gasteiger partial charge in [0.1, 0.15) is 12.5 Å².